The van der Waals surface area contributed by atoms with Crippen LogP contribution in [0.1, 0.15) is 58.2 Å². The minimum Gasteiger partial charge on any atom is -0.305 e. The van der Waals surface area contributed by atoms with Gasteiger partial charge in [0.15, 0.2) is 0 Å². The maximum Gasteiger partial charge on any atom is 3.00 e. The predicted molar refractivity (Wildman–Crippen MR) is 376 cm³/mol. The molecule has 0 amide bonds. The molecule has 0 saturated heterocycles. The number of benzene rings is 8. The molecule has 0 atom stereocenters. The molecule has 0 aliphatic heterocycles. The van der Waals surface area contributed by atoms with Gasteiger partial charge in [-0.2, -0.15) is 0 Å². The van der Waals surface area contributed by atoms with Crippen LogP contribution < -0.4 is 0 Å². The van der Waals surface area contributed by atoms with Gasteiger partial charge in [0.25, 0.3) is 0 Å². The Kier molecular flexibility index (Phi) is 28.9. The molecule has 5 nitrogen and oxygen atoms in total. The van der Waals surface area contributed by atoms with Gasteiger partial charge in [-0.1, -0.05) is 187 Å². The Balaban J connectivity index is 0.000000166. The van der Waals surface area contributed by atoms with Crippen molar-refractivity contribution in [1.82, 2.24) is 24.9 Å². The smallest absolute Gasteiger partial charge is 0.305 e. The third kappa shape index (κ3) is 22.6. The van der Waals surface area contributed by atoms with E-state index in [2.05, 4.69) is 212 Å². The zero-order chi connectivity index (χ0) is 62.5. The Bertz CT molecular complexity index is 3870. The van der Waals surface area contributed by atoms with E-state index in [1.165, 1.54) is 50.1 Å². The van der Waals surface area contributed by atoms with Crippen LogP contribution in [0, 0.1) is 42.0 Å². The van der Waals surface area contributed by atoms with Gasteiger partial charge in [-0.3, -0.25) is 4.98 Å². The molecule has 0 fully saturated rings. The number of pyridine rings is 5. The zero-order valence-electron chi connectivity index (χ0n) is 53.1. The molecule has 0 spiro atoms. The molecular weight excluding hydrogens is 1480 g/mol. The molecule has 0 bridgehead atoms. The van der Waals surface area contributed by atoms with Crippen molar-refractivity contribution in [3.8, 4) is 89.7 Å². The van der Waals surface area contributed by atoms with Crippen LogP contribution in [0.15, 0.2) is 304 Å². The summed E-state index contributed by atoms with van der Waals surface area (Å²) in [5.74, 6) is 2.03. The maximum atomic E-state index is 4.44. The van der Waals surface area contributed by atoms with Crippen molar-refractivity contribution in [3.63, 3.8) is 0 Å². The molecule has 1 radical (unpaired) electrons. The van der Waals surface area contributed by atoms with Crippen LogP contribution in [0.2, 0.25) is 0 Å². The average molecular weight is 1550 g/mol. The zero-order valence-corrected chi connectivity index (χ0v) is 57.9. The van der Waals surface area contributed by atoms with E-state index in [1.54, 1.807) is 12.4 Å². The van der Waals surface area contributed by atoms with E-state index in [0.717, 1.165) is 75.5 Å². The number of hydrogen-bond acceptors (Lipinski definition) is 5. The van der Waals surface area contributed by atoms with Crippen LogP contribution in [0.25, 0.3) is 89.7 Å². The Morgan fingerprint density at radius 1 is 0.250 bits per heavy atom. The van der Waals surface area contributed by atoms with Crippen LogP contribution in [-0.2, 0) is 59.5 Å². The van der Waals surface area contributed by atoms with Crippen molar-refractivity contribution in [1.29, 1.82) is 0 Å². The molecule has 7 heteroatoms. The van der Waals surface area contributed by atoms with Crippen LogP contribution in [0.3, 0.4) is 0 Å². The number of aromatic nitrogens is 5. The Morgan fingerprint density at radius 2 is 0.576 bits per heavy atom. The summed E-state index contributed by atoms with van der Waals surface area (Å²) in [7, 11) is 0. The summed E-state index contributed by atoms with van der Waals surface area (Å²) in [6, 6.07) is 106. The average Bonchev–Trinajstić information content (AvgIpc) is 1.26. The minimum atomic E-state index is 0. The van der Waals surface area contributed by atoms with Gasteiger partial charge < -0.3 is 19.9 Å². The van der Waals surface area contributed by atoms with Crippen molar-refractivity contribution in [2.45, 2.75) is 60.8 Å². The minimum absolute atomic E-state index is 0. The van der Waals surface area contributed by atoms with Gasteiger partial charge >= 0.3 is 20.1 Å². The van der Waals surface area contributed by atoms with Crippen LogP contribution in [-0.4, -0.2) is 24.9 Å². The second-order valence-corrected chi connectivity index (χ2v) is 23.1. The standard InChI is InChI=1S/C21H21N.2C21H20N.2C11H8N.2Ir/c2*1-16(2)13-17-7-5-8-18(14-17)19-9-6-10-20(15-19)21-11-3-4-12-22-21;1-16(2)14-17-9-11-18(12-10-17)19-6-5-7-20(15-19)21-8-3-4-13-22-21;2*1-2-6-10(7-3-1)11-8-4-5-9-12-11;;/h3-12,14-16H,13H2,1-2H3;3-9,11-12,14-16H,13H2,1-2H3;3-6,8-13,15-16H,14H2,1-2H3;2*1-6,8-9H;;/q;4*-1;;+3. The van der Waals surface area contributed by atoms with Crippen molar-refractivity contribution in [2.24, 2.45) is 17.8 Å². The van der Waals surface area contributed by atoms with Gasteiger partial charge in [0, 0.05) is 56.7 Å². The van der Waals surface area contributed by atoms with Crippen LogP contribution in [0.4, 0.5) is 0 Å². The first kappa shape index (κ1) is 70.3. The Hall–Kier alpha value is -9.19. The molecule has 5 aromatic heterocycles. The molecule has 0 aliphatic carbocycles. The maximum absolute atomic E-state index is 4.44. The van der Waals surface area contributed by atoms with Gasteiger partial charge in [0.2, 0.25) is 0 Å². The first-order chi connectivity index (χ1) is 44.1. The monoisotopic (exact) mass is 1550 g/mol. The Labute approximate surface area is 574 Å². The summed E-state index contributed by atoms with van der Waals surface area (Å²) < 4.78 is 0. The molecule has 13 aromatic rings. The predicted octanol–water partition coefficient (Wildman–Crippen LogP) is 21.5. The van der Waals surface area contributed by atoms with Crippen molar-refractivity contribution in [2.75, 3.05) is 0 Å². The summed E-state index contributed by atoms with van der Waals surface area (Å²) in [6.07, 6.45) is 12.4. The van der Waals surface area contributed by atoms with Gasteiger partial charge in [-0.05, 0) is 141 Å². The third-order valence-corrected chi connectivity index (χ3v) is 14.3. The molecular formula is C85H77Ir2N5-. The molecule has 92 heavy (non-hydrogen) atoms. The molecule has 8 aromatic carbocycles. The van der Waals surface area contributed by atoms with Gasteiger partial charge in [-0.25, -0.2) is 0 Å². The van der Waals surface area contributed by atoms with E-state index in [-0.39, 0.29) is 40.2 Å². The van der Waals surface area contributed by atoms with Crippen LogP contribution >= 0.6 is 0 Å². The quantitative estimate of drug-likeness (QED) is 0.102. The second kappa shape index (κ2) is 37.8. The first-order valence-corrected chi connectivity index (χ1v) is 31.0. The van der Waals surface area contributed by atoms with Crippen molar-refractivity contribution in [3.05, 3.63) is 345 Å². The van der Waals surface area contributed by atoms with Crippen molar-refractivity contribution >= 4 is 0 Å². The number of rotatable bonds is 14. The van der Waals surface area contributed by atoms with E-state index in [0.29, 0.717) is 17.8 Å². The molecule has 0 N–H and O–H groups in total. The van der Waals surface area contributed by atoms with Gasteiger partial charge in [0.1, 0.15) is 0 Å². The van der Waals surface area contributed by atoms with Gasteiger partial charge in [-0.15, -0.1) is 143 Å². The topological polar surface area (TPSA) is 64.5 Å². The van der Waals surface area contributed by atoms with E-state index in [1.807, 2.05) is 170 Å². The summed E-state index contributed by atoms with van der Waals surface area (Å²) in [4.78, 5) is 21.7. The van der Waals surface area contributed by atoms with E-state index in [9.17, 15) is 0 Å². The summed E-state index contributed by atoms with van der Waals surface area (Å²) >= 11 is 0. The fourth-order valence-electron chi connectivity index (χ4n) is 10.2. The van der Waals surface area contributed by atoms with Gasteiger partial charge in [0.05, 0.1) is 5.69 Å². The molecule has 461 valence electrons. The Morgan fingerprint density at radius 3 is 0.957 bits per heavy atom. The molecule has 5 heterocycles. The summed E-state index contributed by atoms with van der Waals surface area (Å²) in [5.41, 5.74) is 21.8. The molecule has 0 aliphatic rings. The SMILES string of the molecule is CC(C)Cc1ccc(-c2cc[c-]c(-c3ccccn3)c2)cc1.CC(C)Cc1cccc(-c2cc[c-]c(-c3ccccn3)c2)c1.CC(C)Cc1cccc(-c2cccc(-c3ccccn3)c2)c1.[Ir+3].[Ir].[c-]1ccccc1-c1ccccn1.[c-]1ccccc1-c1ccccn1. The first-order valence-electron chi connectivity index (χ1n) is 31.0. The van der Waals surface area contributed by atoms with E-state index >= 15 is 0 Å². The molecule has 0 unspecified atom stereocenters. The molecule has 13 rings (SSSR count). The van der Waals surface area contributed by atoms with E-state index in [4.69, 9.17) is 0 Å². The second-order valence-electron chi connectivity index (χ2n) is 23.1. The fourth-order valence-corrected chi connectivity index (χ4v) is 10.2. The van der Waals surface area contributed by atoms with E-state index < -0.39 is 0 Å². The summed E-state index contributed by atoms with van der Waals surface area (Å²) in [6.45, 7) is 13.5. The van der Waals surface area contributed by atoms with Crippen LogP contribution in [0.5, 0.6) is 0 Å². The third-order valence-electron chi connectivity index (χ3n) is 14.3. The number of nitrogens with zero attached hydrogens (tertiary/aromatic N) is 5. The number of hydrogen-bond donors (Lipinski definition) is 0. The summed E-state index contributed by atoms with van der Waals surface area (Å²) in [5, 5.41) is 0. The largest absolute Gasteiger partial charge is 3.00 e. The molecule has 0 saturated carbocycles. The normalized spacial score (nSPS) is 10.3. The van der Waals surface area contributed by atoms with Crippen molar-refractivity contribution < 1.29 is 40.2 Å². The fraction of sp³-hybridized carbons (Fsp3) is 0.141.